The van der Waals surface area contributed by atoms with Crippen LogP contribution in [0.25, 0.3) is 0 Å². The molecule has 0 saturated heterocycles. The fourth-order valence-corrected chi connectivity index (χ4v) is 9.21. The molecule has 0 aromatic heterocycles. The van der Waals surface area contributed by atoms with Crippen LogP contribution < -0.4 is 42.5 Å². The Hall–Kier alpha value is -6.44. The van der Waals surface area contributed by atoms with Crippen LogP contribution in [0.4, 0.5) is 4.79 Å². The minimum Gasteiger partial charge on any atom is -0.481 e. The molecular formula is C59H93N9O14S2. The number of carbonyl (C=O) groups excluding carboxylic acids is 6. The number of unbranched alkanes of at least 4 members (excludes halogenated alkanes) is 6. The number of hydrogen-bond donors (Lipinski definition) is 14. The monoisotopic (exact) mass is 1220 g/mol. The number of nitrogens with one attached hydrogen (secondary N) is 8. The second-order valence-electron chi connectivity index (χ2n) is 22.4. The van der Waals surface area contributed by atoms with Gasteiger partial charge in [-0.15, -0.1) is 0 Å². The van der Waals surface area contributed by atoms with Gasteiger partial charge in [-0.2, -0.15) is 25.3 Å². The number of nitrogens with zero attached hydrogens (tertiary/aromatic N) is 1. The maximum Gasteiger partial charge on any atom is 0.326 e. The van der Waals surface area contributed by atoms with Crippen LogP contribution in [0, 0.1) is 0 Å². The Labute approximate surface area is 505 Å². The van der Waals surface area contributed by atoms with Crippen LogP contribution in [0.5, 0.6) is 0 Å². The van der Waals surface area contributed by atoms with Crippen LogP contribution in [0.3, 0.4) is 0 Å². The maximum absolute atomic E-state index is 14.2. The average Bonchev–Trinajstić information content (AvgIpc) is 3.63. The smallest absolute Gasteiger partial charge is 0.326 e. The van der Waals surface area contributed by atoms with Gasteiger partial charge < -0.3 is 67.9 Å². The summed E-state index contributed by atoms with van der Waals surface area (Å²) in [6.07, 6.45) is 5.44. The summed E-state index contributed by atoms with van der Waals surface area (Å²) in [4.78, 5) is 127. The Morgan fingerprint density at radius 2 is 0.881 bits per heavy atom. The Morgan fingerprint density at radius 1 is 0.452 bits per heavy atom. The van der Waals surface area contributed by atoms with E-state index in [1.54, 1.807) is 24.3 Å². The molecule has 0 aliphatic rings. The largest absolute Gasteiger partial charge is 0.481 e. The van der Waals surface area contributed by atoms with E-state index in [2.05, 4.69) is 87.8 Å². The van der Waals surface area contributed by atoms with Gasteiger partial charge in [0.25, 0.3) is 0 Å². The Kier molecular flexibility index (Phi) is 35.7. The Bertz CT molecular complexity index is 2360. The van der Waals surface area contributed by atoms with Crippen molar-refractivity contribution in [2.75, 3.05) is 45.8 Å². The summed E-state index contributed by atoms with van der Waals surface area (Å²) in [7, 11) is 0. The molecule has 2 aromatic carbocycles. The van der Waals surface area contributed by atoms with Gasteiger partial charge in [-0.3, -0.25) is 28.8 Å². The molecule has 25 heteroatoms. The standard InChI is InChI=1S/C59H93N9O14S2/c1-58(2,83)39-60-34-36-68(40-59(3,4)84)35-20-17-29-50(71)63-46(37-41-21-9-7-10-22-41)52(74)65-47(38-42-23-11-8-12-24-42)53(75)64-43(54(76)77)25-15-18-32-61-48(69)27-13-5-6-14-28-49(70)62-33-19-16-26-44(55(78)79)66-57(82)67-45(56(80)81)30-31-51(72)73/h7-12,21-24,43-47,60,83-84H,5-6,13-20,25-40H2,1-4H3,(H,61,69)(H,62,70)(H,63,71)(H,64,75)(H,65,74)(H,72,73)(H,76,77)(H,78,79)(H,80,81)(H2,66,67,82)/t43-,44-,45-,46-,47-/m0/s1. The molecule has 84 heavy (non-hydrogen) atoms. The predicted octanol–water partition coefficient (Wildman–Crippen LogP) is 4.47. The summed E-state index contributed by atoms with van der Waals surface area (Å²) in [5.41, 5.74) is 1.51. The summed E-state index contributed by atoms with van der Waals surface area (Å²) in [6.45, 7) is 12.6. The van der Waals surface area contributed by atoms with Gasteiger partial charge in [-0.1, -0.05) is 73.5 Å². The molecule has 470 valence electrons. The number of carbonyl (C=O) groups is 10. The van der Waals surface area contributed by atoms with Gasteiger partial charge in [-0.05, 0) is 116 Å². The molecule has 7 amide bonds. The average molecular weight is 1220 g/mol. The summed E-state index contributed by atoms with van der Waals surface area (Å²) in [5, 5.41) is 59.3. The molecule has 23 nitrogen and oxygen atoms in total. The molecule has 0 aliphatic heterocycles. The highest BCUT2D eigenvalue weighted by atomic mass is 32.1. The van der Waals surface area contributed by atoms with Gasteiger partial charge in [0.15, 0.2) is 0 Å². The number of hydrogen-bond acceptors (Lipinski definition) is 14. The molecule has 0 heterocycles. The zero-order valence-corrected chi connectivity index (χ0v) is 51.0. The zero-order valence-electron chi connectivity index (χ0n) is 49.3. The minimum atomic E-state index is -1.52. The molecule has 5 atom stereocenters. The van der Waals surface area contributed by atoms with Crippen molar-refractivity contribution in [3.63, 3.8) is 0 Å². The molecular weight excluding hydrogens is 1120 g/mol. The molecule has 0 spiro atoms. The van der Waals surface area contributed by atoms with Crippen molar-refractivity contribution < 1.29 is 68.4 Å². The van der Waals surface area contributed by atoms with E-state index in [0.29, 0.717) is 57.8 Å². The van der Waals surface area contributed by atoms with Crippen molar-refractivity contribution in [1.29, 1.82) is 0 Å². The third-order valence-electron chi connectivity index (χ3n) is 13.3. The molecule has 0 unspecified atom stereocenters. The summed E-state index contributed by atoms with van der Waals surface area (Å²) in [6, 6.07) is 10.8. The normalized spacial score (nSPS) is 13.3. The molecule has 0 radical (unpaired) electrons. The number of aliphatic carboxylic acids is 4. The number of benzene rings is 2. The molecule has 0 aliphatic carbocycles. The first-order valence-electron chi connectivity index (χ1n) is 29.1. The van der Waals surface area contributed by atoms with Gasteiger partial charge in [0, 0.05) is 87.3 Å². The van der Waals surface area contributed by atoms with Crippen LogP contribution in [-0.2, 0) is 56.0 Å². The van der Waals surface area contributed by atoms with Crippen molar-refractivity contribution in [2.45, 2.75) is 189 Å². The highest BCUT2D eigenvalue weighted by Crippen LogP contribution is 2.16. The lowest BCUT2D eigenvalue weighted by atomic mass is 10.0. The maximum atomic E-state index is 14.2. The van der Waals surface area contributed by atoms with E-state index in [0.717, 1.165) is 50.3 Å². The second kappa shape index (κ2) is 40.8. The van der Waals surface area contributed by atoms with Gasteiger partial charge in [0.2, 0.25) is 29.5 Å². The fourth-order valence-electron chi connectivity index (χ4n) is 8.90. The lowest BCUT2D eigenvalue weighted by Gasteiger charge is -2.30. The van der Waals surface area contributed by atoms with E-state index in [9.17, 15) is 63.3 Å². The van der Waals surface area contributed by atoms with Gasteiger partial charge in [-0.25, -0.2) is 19.2 Å². The van der Waals surface area contributed by atoms with Crippen LogP contribution in [0.2, 0.25) is 0 Å². The van der Waals surface area contributed by atoms with E-state index >= 15 is 0 Å². The summed E-state index contributed by atoms with van der Waals surface area (Å²) >= 11 is 9.35. The first-order chi connectivity index (χ1) is 39.7. The zero-order chi connectivity index (χ0) is 62.5. The Balaban J connectivity index is 1.82. The van der Waals surface area contributed by atoms with E-state index in [-0.39, 0.29) is 91.7 Å². The lowest BCUT2D eigenvalue weighted by Crippen LogP contribution is -2.56. The van der Waals surface area contributed by atoms with E-state index in [1.807, 2.05) is 36.4 Å². The van der Waals surface area contributed by atoms with Crippen molar-refractivity contribution >= 4 is 84.7 Å². The van der Waals surface area contributed by atoms with Crippen molar-refractivity contribution in [1.82, 2.24) is 47.4 Å². The fraction of sp³-hybridized carbons (Fsp3) is 0.627. The molecule has 12 N–H and O–H groups in total. The highest BCUT2D eigenvalue weighted by Gasteiger charge is 2.31. The number of urea groups is 1. The van der Waals surface area contributed by atoms with E-state index in [1.165, 1.54) is 0 Å². The van der Waals surface area contributed by atoms with Crippen molar-refractivity contribution in [3.05, 3.63) is 71.8 Å². The molecule has 2 aromatic rings. The van der Waals surface area contributed by atoms with Crippen LogP contribution in [0.15, 0.2) is 60.7 Å². The van der Waals surface area contributed by atoms with Crippen LogP contribution in [0.1, 0.15) is 148 Å². The first kappa shape index (κ1) is 73.7. The van der Waals surface area contributed by atoms with Gasteiger partial charge in [0.1, 0.15) is 30.2 Å². The minimum absolute atomic E-state index is 0.000236. The SMILES string of the molecule is CC(C)(S)CNCCN(CCCCC(=O)N[C@@H](Cc1ccccc1)C(=O)N[C@@H](Cc1ccccc1)C(=O)N[C@@H](CCCCNC(=O)CCCCCCC(=O)NCCCC[C@H](NC(=O)N[C@@H](CCC(=O)O)C(=O)O)C(=O)O)C(=O)O)CC(C)(C)S. The summed E-state index contributed by atoms with van der Waals surface area (Å²) in [5.74, 6) is -7.30. The Morgan fingerprint density at radius 3 is 1.33 bits per heavy atom. The number of amides is 7. The summed E-state index contributed by atoms with van der Waals surface area (Å²) < 4.78 is -0.358. The topological polar surface area (TPSA) is 351 Å². The molecule has 0 saturated carbocycles. The third-order valence-corrected chi connectivity index (χ3v) is 13.6. The molecule has 2 rings (SSSR count). The van der Waals surface area contributed by atoms with Gasteiger partial charge >= 0.3 is 29.9 Å². The number of carboxylic acid groups (broad SMARTS) is 4. The number of carboxylic acids is 4. The molecule has 0 bridgehead atoms. The quantitative estimate of drug-likeness (QED) is 0.0321. The predicted molar refractivity (Wildman–Crippen MR) is 326 cm³/mol. The highest BCUT2D eigenvalue weighted by molar-refractivity contribution is 7.82. The van der Waals surface area contributed by atoms with Crippen molar-refractivity contribution in [3.8, 4) is 0 Å². The van der Waals surface area contributed by atoms with E-state index in [4.69, 9.17) is 17.7 Å². The van der Waals surface area contributed by atoms with Gasteiger partial charge in [0.05, 0.1) is 0 Å². The number of thiol groups is 2. The van der Waals surface area contributed by atoms with E-state index < -0.39 is 78.4 Å². The lowest BCUT2D eigenvalue weighted by molar-refractivity contribution is -0.143. The third kappa shape index (κ3) is 36.3. The number of rotatable bonds is 46. The van der Waals surface area contributed by atoms with Crippen LogP contribution >= 0.6 is 25.3 Å². The molecule has 0 fully saturated rings. The first-order valence-corrected chi connectivity index (χ1v) is 30.0. The van der Waals surface area contributed by atoms with Crippen LogP contribution in [-0.4, -0.2) is 170 Å². The van der Waals surface area contributed by atoms with Crippen molar-refractivity contribution in [2.24, 2.45) is 0 Å². The second-order valence-corrected chi connectivity index (χ2v) is 24.9.